The first-order valence-electron chi connectivity index (χ1n) is 8.22. The van der Waals surface area contributed by atoms with Crippen molar-refractivity contribution in [3.8, 4) is 17.3 Å². The zero-order valence-electron chi connectivity index (χ0n) is 14.5. The van der Waals surface area contributed by atoms with Crippen LogP contribution in [0, 0.1) is 0 Å². The first kappa shape index (κ1) is 16.2. The summed E-state index contributed by atoms with van der Waals surface area (Å²) in [6.45, 7) is 2.67. The first-order chi connectivity index (χ1) is 12.7. The molecule has 0 amide bonds. The Hall–Kier alpha value is -3.26. The Balaban J connectivity index is 1.43. The van der Waals surface area contributed by atoms with Gasteiger partial charge in [-0.15, -0.1) is 0 Å². The van der Waals surface area contributed by atoms with Gasteiger partial charge < -0.3 is 8.94 Å². The molecule has 0 aliphatic rings. The van der Waals surface area contributed by atoms with E-state index >= 15 is 0 Å². The summed E-state index contributed by atoms with van der Waals surface area (Å²) < 4.78 is 12.3. The van der Waals surface area contributed by atoms with Crippen molar-refractivity contribution in [2.24, 2.45) is 0 Å². The van der Waals surface area contributed by atoms with Crippen LogP contribution in [0.5, 0.6) is 0 Å². The van der Waals surface area contributed by atoms with E-state index in [1.54, 1.807) is 29.4 Å². The van der Waals surface area contributed by atoms with E-state index in [-0.39, 0.29) is 6.04 Å². The topological polar surface area (TPSA) is 86.0 Å². The molecule has 0 aliphatic heterocycles. The van der Waals surface area contributed by atoms with E-state index < -0.39 is 0 Å². The Morgan fingerprint density at radius 2 is 2.04 bits per heavy atom. The normalized spacial score (nSPS) is 12.6. The van der Waals surface area contributed by atoms with Crippen LogP contribution in [0.25, 0.3) is 17.3 Å². The number of furan rings is 1. The van der Waals surface area contributed by atoms with Gasteiger partial charge in [0.15, 0.2) is 5.76 Å². The molecule has 0 bridgehead atoms. The third-order valence-electron chi connectivity index (χ3n) is 4.31. The van der Waals surface area contributed by atoms with Crippen molar-refractivity contribution in [2.75, 3.05) is 7.05 Å². The summed E-state index contributed by atoms with van der Waals surface area (Å²) in [6, 6.07) is 12.0. The number of benzene rings is 1. The highest BCUT2D eigenvalue weighted by atomic mass is 16.5. The molecule has 26 heavy (non-hydrogen) atoms. The highest BCUT2D eigenvalue weighted by molar-refractivity contribution is 5.44. The number of nitrogens with zero attached hydrogens (tertiary/aromatic N) is 6. The monoisotopic (exact) mass is 350 g/mol. The van der Waals surface area contributed by atoms with Crippen LogP contribution < -0.4 is 0 Å². The van der Waals surface area contributed by atoms with E-state index in [0.717, 1.165) is 5.69 Å². The highest BCUT2D eigenvalue weighted by Crippen LogP contribution is 2.22. The third kappa shape index (κ3) is 3.27. The second-order valence-electron chi connectivity index (χ2n) is 6.01. The van der Waals surface area contributed by atoms with Crippen LogP contribution in [-0.2, 0) is 6.54 Å². The lowest BCUT2D eigenvalue weighted by Gasteiger charge is -2.23. The second-order valence-corrected chi connectivity index (χ2v) is 6.01. The van der Waals surface area contributed by atoms with Gasteiger partial charge in [0.1, 0.15) is 12.7 Å². The van der Waals surface area contributed by atoms with Gasteiger partial charge in [0.25, 0.3) is 0 Å². The largest absolute Gasteiger partial charge is 0.461 e. The van der Waals surface area contributed by atoms with E-state index in [1.807, 2.05) is 19.2 Å². The van der Waals surface area contributed by atoms with Crippen molar-refractivity contribution >= 4 is 0 Å². The van der Waals surface area contributed by atoms with Gasteiger partial charge in [-0.3, -0.25) is 4.90 Å². The van der Waals surface area contributed by atoms with Crippen LogP contribution in [0.1, 0.15) is 24.4 Å². The molecule has 3 aromatic heterocycles. The molecule has 3 heterocycles. The van der Waals surface area contributed by atoms with Crippen LogP contribution in [0.4, 0.5) is 0 Å². The van der Waals surface area contributed by atoms with Crippen molar-refractivity contribution in [1.82, 2.24) is 29.8 Å². The van der Waals surface area contributed by atoms with Crippen LogP contribution in [0.3, 0.4) is 0 Å². The third-order valence-corrected chi connectivity index (χ3v) is 4.31. The molecule has 1 unspecified atom stereocenters. The molecular formula is C18H18N6O2. The van der Waals surface area contributed by atoms with Gasteiger partial charge in [-0.2, -0.15) is 10.1 Å². The molecule has 0 spiro atoms. The van der Waals surface area contributed by atoms with Crippen LogP contribution in [0.2, 0.25) is 0 Å². The molecule has 0 saturated heterocycles. The standard InChI is InChI=1S/C18H18N6O2/c1-13(14-5-7-15(8-6-14)24-12-19-11-20-24)23(2)10-17-21-18(22-26-17)16-4-3-9-25-16/h3-9,11-13H,10H2,1-2H3. The minimum atomic E-state index is 0.179. The van der Waals surface area contributed by atoms with Gasteiger partial charge >= 0.3 is 0 Å². The Labute approximate surface area is 150 Å². The lowest BCUT2D eigenvalue weighted by atomic mass is 10.1. The summed E-state index contributed by atoms with van der Waals surface area (Å²) in [6.07, 6.45) is 4.78. The molecule has 4 rings (SSSR count). The Kier molecular flexibility index (Phi) is 4.32. The second kappa shape index (κ2) is 6.93. The van der Waals surface area contributed by atoms with Gasteiger partial charge in [0.2, 0.25) is 11.7 Å². The summed E-state index contributed by atoms with van der Waals surface area (Å²) in [5.41, 5.74) is 2.16. The molecule has 0 aliphatic carbocycles. The van der Waals surface area contributed by atoms with E-state index in [1.165, 1.54) is 11.9 Å². The average molecular weight is 350 g/mol. The number of rotatable bonds is 6. The van der Waals surface area contributed by atoms with Gasteiger partial charge in [-0.05, 0) is 43.8 Å². The van der Waals surface area contributed by atoms with E-state index in [2.05, 4.69) is 44.2 Å². The highest BCUT2D eigenvalue weighted by Gasteiger charge is 2.17. The van der Waals surface area contributed by atoms with Crippen LogP contribution in [0.15, 0.2) is 64.3 Å². The summed E-state index contributed by atoms with van der Waals surface area (Å²) in [5.74, 6) is 1.60. The molecule has 1 aromatic carbocycles. The maximum Gasteiger partial charge on any atom is 0.241 e. The maximum absolute atomic E-state index is 5.33. The van der Waals surface area contributed by atoms with Crippen LogP contribution >= 0.6 is 0 Å². The smallest absolute Gasteiger partial charge is 0.241 e. The van der Waals surface area contributed by atoms with Crippen molar-refractivity contribution in [3.63, 3.8) is 0 Å². The van der Waals surface area contributed by atoms with E-state index in [4.69, 9.17) is 8.94 Å². The lowest BCUT2D eigenvalue weighted by molar-refractivity contribution is 0.216. The van der Waals surface area contributed by atoms with Crippen molar-refractivity contribution in [1.29, 1.82) is 0 Å². The van der Waals surface area contributed by atoms with Crippen LogP contribution in [-0.4, -0.2) is 36.9 Å². The molecule has 0 N–H and O–H groups in total. The minimum Gasteiger partial charge on any atom is -0.461 e. The fraction of sp³-hybridized carbons (Fsp3) is 0.222. The van der Waals surface area contributed by atoms with Crippen molar-refractivity contribution < 1.29 is 8.94 Å². The van der Waals surface area contributed by atoms with Gasteiger partial charge in [-0.1, -0.05) is 17.3 Å². The zero-order valence-corrected chi connectivity index (χ0v) is 14.5. The van der Waals surface area contributed by atoms with Gasteiger partial charge in [0.05, 0.1) is 18.5 Å². The first-order valence-corrected chi connectivity index (χ1v) is 8.22. The molecule has 8 nitrogen and oxygen atoms in total. The lowest BCUT2D eigenvalue weighted by Crippen LogP contribution is -2.22. The average Bonchev–Trinajstić information content (AvgIpc) is 3.42. The van der Waals surface area contributed by atoms with Crippen molar-refractivity contribution in [3.05, 3.63) is 66.8 Å². The number of hydrogen-bond acceptors (Lipinski definition) is 7. The fourth-order valence-corrected chi connectivity index (χ4v) is 2.68. The predicted octanol–water partition coefficient (Wildman–Crippen LogP) is 3.10. The molecular weight excluding hydrogens is 332 g/mol. The summed E-state index contributed by atoms with van der Waals surface area (Å²) >= 11 is 0. The molecule has 8 heteroatoms. The Bertz CT molecular complexity index is 944. The number of hydrogen-bond donors (Lipinski definition) is 0. The Morgan fingerprint density at radius 3 is 2.73 bits per heavy atom. The molecule has 4 aromatic rings. The van der Waals surface area contributed by atoms with Gasteiger partial charge in [-0.25, -0.2) is 9.67 Å². The molecule has 0 fully saturated rings. The summed E-state index contributed by atoms with van der Waals surface area (Å²) in [7, 11) is 2.02. The maximum atomic E-state index is 5.33. The fourth-order valence-electron chi connectivity index (χ4n) is 2.68. The van der Waals surface area contributed by atoms with E-state index in [0.29, 0.717) is 24.0 Å². The predicted molar refractivity (Wildman–Crippen MR) is 93.2 cm³/mol. The molecule has 0 radical (unpaired) electrons. The SMILES string of the molecule is CC(c1ccc(-n2cncn2)cc1)N(C)Cc1nc(-c2ccco2)no1. The van der Waals surface area contributed by atoms with E-state index in [9.17, 15) is 0 Å². The minimum absolute atomic E-state index is 0.179. The van der Waals surface area contributed by atoms with Gasteiger partial charge in [0, 0.05) is 6.04 Å². The zero-order chi connectivity index (χ0) is 17.9. The summed E-state index contributed by atoms with van der Waals surface area (Å²) in [4.78, 5) is 10.5. The number of aromatic nitrogens is 5. The quantitative estimate of drug-likeness (QED) is 0.528. The molecule has 0 saturated carbocycles. The van der Waals surface area contributed by atoms with Crippen molar-refractivity contribution in [2.45, 2.75) is 19.5 Å². The Morgan fingerprint density at radius 1 is 1.19 bits per heavy atom. The molecule has 1 atom stereocenters. The molecule has 132 valence electrons. The summed E-state index contributed by atoms with van der Waals surface area (Å²) in [5, 5.41) is 8.10.